The van der Waals surface area contributed by atoms with E-state index in [9.17, 15) is 35.9 Å². The van der Waals surface area contributed by atoms with Gasteiger partial charge < -0.3 is 29.2 Å². The molecule has 2 saturated heterocycles. The second kappa shape index (κ2) is 13.5. The summed E-state index contributed by atoms with van der Waals surface area (Å²) in [4.78, 5) is 30.2. The highest BCUT2D eigenvalue weighted by atomic mass is 32.2. The van der Waals surface area contributed by atoms with Crippen molar-refractivity contribution in [3.8, 4) is 5.75 Å². The number of aliphatic hydroxyl groups excluding tert-OH is 1. The van der Waals surface area contributed by atoms with Gasteiger partial charge in [0.1, 0.15) is 34.8 Å². The van der Waals surface area contributed by atoms with Gasteiger partial charge in [-0.3, -0.25) is 4.79 Å². The minimum Gasteiger partial charge on any atom is -0.491 e. The van der Waals surface area contributed by atoms with Gasteiger partial charge >= 0.3 is 6.09 Å². The van der Waals surface area contributed by atoms with E-state index in [1.165, 1.54) is 39.5 Å². The lowest BCUT2D eigenvalue weighted by molar-refractivity contribution is -0.0329. The summed E-state index contributed by atoms with van der Waals surface area (Å²) in [6.07, 6.45) is 1.39. The van der Waals surface area contributed by atoms with Crippen LogP contribution in [0.25, 0.3) is 10.9 Å². The number of para-hydroxylation sites is 1. The lowest BCUT2D eigenvalue weighted by Gasteiger charge is -2.38. The van der Waals surface area contributed by atoms with Gasteiger partial charge in [0.05, 0.1) is 40.5 Å². The van der Waals surface area contributed by atoms with Gasteiger partial charge in [-0.25, -0.2) is 26.0 Å². The molecule has 13 nitrogen and oxygen atoms in total. The number of aromatic nitrogens is 1. The van der Waals surface area contributed by atoms with Crippen LogP contribution in [0.2, 0.25) is 0 Å². The molecule has 50 heavy (non-hydrogen) atoms. The number of rotatable bonds is 10. The fraction of sp³-hybridized carbons (Fsp3) is 0.529. The average Bonchev–Trinajstić information content (AvgIpc) is 3.85. The van der Waals surface area contributed by atoms with E-state index in [-0.39, 0.29) is 72.5 Å². The number of carbonyl (C=O) groups excluding carboxylic acids is 1. The second-order valence-corrected chi connectivity index (χ2v) is 18.4. The number of aromatic amines is 1. The molecule has 3 heterocycles. The number of halogens is 1. The van der Waals surface area contributed by atoms with Crippen LogP contribution in [0, 0.1) is 5.82 Å². The first-order valence-electron chi connectivity index (χ1n) is 16.6. The van der Waals surface area contributed by atoms with Crippen LogP contribution >= 0.6 is 0 Å². The normalized spacial score (nSPS) is 20.5. The Kier molecular flexibility index (Phi) is 9.80. The summed E-state index contributed by atoms with van der Waals surface area (Å²) in [7, 11) is -7.64. The molecule has 1 aliphatic carbocycles. The molecule has 16 heteroatoms. The van der Waals surface area contributed by atoms with Crippen molar-refractivity contribution in [3.05, 3.63) is 64.7 Å². The number of amides is 1. The van der Waals surface area contributed by atoms with E-state index in [2.05, 4.69) is 4.98 Å². The standard InChI is InChI=1S/C34H42FN3O10S2/c1-33(2,3)48-32(41)38(19-23(39)21-46-24-6-4-7-26(16-24)49(42,43)25-10-11-25)22-17-34(47-20-22)12-14-37(15-13-34)50(44,45)29-18-36-30-27(31(29)40)8-5-9-28(30)35/h4-9,16,18,22-23,25,39H,10-15,17,19-21H2,1-3H3,(H,36,40)/t22-,23+/m1/s1. The van der Waals surface area contributed by atoms with Crippen molar-refractivity contribution in [2.75, 3.05) is 32.8 Å². The third-order valence-electron chi connectivity index (χ3n) is 9.29. The summed E-state index contributed by atoms with van der Waals surface area (Å²) in [5, 5.41) is 10.6. The zero-order chi connectivity index (χ0) is 36.1. The average molecular weight is 736 g/mol. The van der Waals surface area contributed by atoms with E-state index in [1.54, 1.807) is 32.9 Å². The number of fused-ring (bicyclic) bond motifs is 1. The van der Waals surface area contributed by atoms with Gasteiger partial charge in [0.2, 0.25) is 15.5 Å². The predicted octanol–water partition coefficient (Wildman–Crippen LogP) is 3.59. The lowest BCUT2D eigenvalue weighted by Crippen LogP contribution is -2.50. The maximum atomic E-state index is 14.2. The monoisotopic (exact) mass is 735 g/mol. The molecule has 2 aliphatic heterocycles. The van der Waals surface area contributed by atoms with E-state index in [1.807, 2.05) is 0 Å². The van der Waals surface area contributed by atoms with E-state index < -0.39 is 65.4 Å². The van der Waals surface area contributed by atoms with Gasteiger partial charge in [0.25, 0.3) is 0 Å². The summed E-state index contributed by atoms with van der Waals surface area (Å²) in [6.45, 7) is 5.02. The highest BCUT2D eigenvalue weighted by Crippen LogP contribution is 2.39. The molecule has 1 spiro atoms. The van der Waals surface area contributed by atoms with Crippen molar-refractivity contribution < 1.29 is 45.3 Å². The maximum absolute atomic E-state index is 14.2. The Labute approximate surface area is 290 Å². The summed E-state index contributed by atoms with van der Waals surface area (Å²) < 4.78 is 85.5. The molecule has 0 unspecified atom stereocenters. The zero-order valence-electron chi connectivity index (χ0n) is 28.1. The number of sulfonamides is 1. The van der Waals surface area contributed by atoms with Crippen LogP contribution in [0.4, 0.5) is 9.18 Å². The number of piperidine rings is 1. The maximum Gasteiger partial charge on any atom is 0.410 e. The first kappa shape index (κ1) is 36.2. The third-order valence-corrected chi connectivity index (χ3v) is 13.5. The number of hydrogen-bond donors (Lipinski definition) is 2. The molecule has 1 saturated carbocycles. The quantitative estimate of drug-likeness (QED) is 0.314. The van der Waals surface area contributed by atoms with Gasteiger partial charge in [0, 0.05) is 24.7 Å². The van der Waals surface area contributed by atoms with Crippen LogP contribution in [0.1, 0.15) is 52.9 Å². The van der Waals surface area contributed by atoms with Crippen LogP contribution in [-0.2, 0) is 29.3 Å². The molecule has 1 amide bonds. The molecular weight excluding hydrogens is 694 g/mol. The number of pyridine rings is 1. The van der Waals surface area contributed by atoms with Crippen LogP contribution in [0.3, 0.4) is 0 Å². The number of H-pyrrole nitrogens is 1. The Morgan fingerprint density at radius 1 is 1.14 bits per heavy atom. The van der Waals surface area contributed by atoms with Crippen LogP contribution in [-0.4, -0.2) is 104 Å². The van der Waals surface area contributed by atoms with Gasteiger partial charge in [-0.1, -0.05) is 12.1 Å². The Morgan fingerprint density at radius 3 is 2.52 bits per heavy atom. The Hall–Kier alpha value is -3.57. The van der Waals surface area contributed by atoms with E-state index >= 15 is 0 Å². The van der Waals surface area contributed by atoms with Crippen molar-refractivity contribution >= 4 is 36.9 Å². The SMILES string of the molecule is CC(C)(C)OC(=O)N(C[C@H](O)COc1cccc(S(=O)(=O)C2CC2)c1)[C@H]1COC2(CCN(S(=O)(=O)c3c[nH]c4c(F)cccc4c3=O)CC2)C1. The lowest BCUT2D eigenvalue weighted by atomic mass is 9.88. The van der Waals surface area contributed by atoms with Crippen molar-refractivity contribution in [2.45, 2.75) is 91.3 Å². The molecule has 0 bridgehead atoms. The Morgan fingerprint density at radius 2 is 1.84 bits per heavy atom. The third kappa shape index (κ3) is 7.54. The number of ether oxygens (including phenoxy) is 3. The van der Waals surface area contributed by atoms with Gasteiger partial charge in [-0.15, -0.1) is 0 Å². The fourth-order valence-corrected chi connectivity index (χ4v) is 9.69. The van der Waals surface area contributed by atoms with Crippen LogP contribution < -0.4 is 10.2 Å². The topological polar surface area (TPSA) is 173 Å². The Bertz CT molecular complexity index is 2040. The first-order valence-corrected chi connectivity index (χ1v) is 19.6. The minimum atomic E-state index is -4.22. The number of hydrogen-bond acceptors (Lipinski definition) is 10. The minimum absolute atomic E-state index is 0.0497. The van der Waals surface area contributed by atoms with Crippen molar-refractivity contribution in [2.24, 2.45) is 0 Å². The van der Waals surface area contributed by atoms with Gasteiger partial charge in [-0.05, 0) is 83.2 Å². The molecule has 1 aromatic heterocycles. The number of aliphatic hydroxyl groups is 1. The number of benzene rings is 2. The van der Waals surface area contributed by atoms with Gasteiger partial charge in [0.15, 0.2) is 9.84 Å². The van der Waals surface area contributed by atoms with Crippen molar-refractivity contribution in [1.82, 2.24) is 14.2 Å². The molecule has 2 aromatic carbocycles. The highest BCUT2D eigenvalue weighted by Gasteiger charge is 2.48. The van der Waals surface area contributed by atoms with Crippen LogP contribution in [0.5, 0.6) is 5.75 Å². The first-order chi connectivity index (χ1) is 23.5. The molecule has 3 fully saturated rings. The smallest absolute Gasteiger partial charge is 0.410 e. The summed E-state index contributed by atoms with van der Waals surface area (Å²) in [5.74, 6) is -0.388. The molecule has 3 aromatic rings. The largest absolute Gasteiger partial charge is 0.491 e. The zero-order valence-corrected chi connectivity index (χ0v) is 29.8. The summed E-state index contributed by atoms with van der Waals surface area (Å²) in [5.41, 5.74) is -2.44. The fourth-order valence-electron chi connectivity index (χ4n) is 6.51. The summed E-state index contributed by atoms with van der Waals surface area (Å²) >= 11 is 0. The van der Waals surface area contributed by atoms with Crippen molar-refractivity contribution in [3.63, 3.8) is 0 Å². The molecule has 6 rings (SSSR count). The van der Waals surface area contributed by atoms with E-state index in [4.69, 9.17) is 14.2 Å². The molecule has 3 aliphatic rings. The molecule has 0 radical (unpaired) electrons. The molecular formula is C34H42FN3O10S2. The van der Waals surface area contributed by atoms with Crippen LogP contribution in [0.15, 0.2) is 63.2 Å². The number of carbonyl (C=O) groups is 1. The van der Waals surface area contributed by atoms with E-state index in [0.29, 0.717) is 19.3 Å². The number of sulfone groups is 1. The molecule has 272 valence electrons. The number of nitrogens with zero attached hydrogens (tertiary/aromatic N) is 2. The second-order valence-electron chi connectivity index (χ2n) is 14.2. The van der Waals surface area contributed by atoms with E-state index in [0.717, 1.165) is 6.20 Å². The predicted molar refractivity (Wildman–Crippen MR) is 181 cm³/mol. The molecule has 2 N–H and O–H groups in total. The van der Waals surface area contributed by atoms with Gasteiger partial charge in [-0.2, -0.15) is 4.31 Å². The molecule has 2 atom stereocenters. The van der Waals surface area contributed by atoms with Crippen molar-refractivity contribution in [1.29, 1.82) is 0 Å². The number of nitrogens with one attached hydrogen (secondary N) is 1. The highest BCUT2D eigenvalue weighted by molar-refractivity contribution is 7.92. The Balaban J connectivity index is 1.11. The summed E-state index contributed by atoms with van der Waals surface area (Å²) in [6, 6.07) is 9.51.